The molecule has 5 heteroatoms. The molecule has 1 heterocycles. The van der Waals surface area contributed by atoms with E-state index in [0.29, 0.717) is 0 Å². The molecule has 0 spiro atoms. The van der Waals surface area contributed by atoms with Gasteiger partial charge in [-0.25, -0.2) is 9.97 Å². The van der Waals surface area contributed by atoms with Crippen molar-refractivity contribution in [3.05, 3.63) is 16.5 Å². The van der Waals surface area contributed by atoms with Crippen LogP contribution in [0.4, 0.5) is 5.82 Å². The zero-order chi connectivity index (χ0) is 11.1. The number of anilines is 1. The van der Waals surface area contributed by atoms with E-state index in [9.17, 15) is 0 Å². The fraction of sp³-hybridized carbons (Fsp3) is 0.600. The van der Waals surface area contributed by atoms with Crippen LogP contribution in [0.2, 0.25) is 0 Å². The topological polar surface area (TPSA) is 58.0 Å². The lowest BCUT2D eigenvalue weighted by molar-refractivity contribution is 0.292. The van der Waals surface area contributed by atoms with Crippen molar-refractivity contribution in [3.63, 3.8) is 0 Å². The summed E-state index contributed by atoms with van der Waals surface area (Å²) in [4.78, 5) is 8.63. The van der Waals surface area contributed by atoms with Crippen molar-refractivity contribution in [3.8, 4) is 0 Å². The van der Waals surface area contributed by atoms with E-state index in [-0.39, 0.29) is 6.61 Å². The van der Waals surface area contributed by atoms with Crippen LogP contribution < -0.4 is 5.32 Å². The highest BCUT2D eigenvalue weighted by Crippen LogP contribution is 2.13. The molecule has 0 bridgehead atoms. The maximum Gasteiger partial charge on any atom is 0.132 e. The maximum absolute atomic E-state index is 8.66. The number of hydrogen-bond donors (Lipinski definition) is 2. The van der Waals surface area contributed by atoms with Crippen LogP contribution in [0.1, 0.15) is 25.6 Å². The first kappa shape index (κ1) is 12.4. The van der Waals surface area contributed by atoms with Gasteiger partial charge in [0.2, 0.25) is 0 Å². The second-order valence-corrected chi connectivity index (χ2v) is 4.06. The quantitative estimate of drug-likeness (QED) is 0.615. The van der Waals surface area contributed by atoms with Crippen molar-refractivity contribution < 1.29 is 5.11 Å². The molecule has 0 amide bonds. The van der Waals surface area contributed by atoms with Crippen molar-refractivity contribution in [1.82, 2.24) is 9.97 Å². The van der Waals surface area contributed by atoms with Crippen LogP contribution in [0.15, 0.2) is 10.7 Å². The number of aryl methyl sites for hydroxylation is 1. The van der Waals surface area contributed by atoms with Crippen LogP contribution in [-0.2, 0) is 6.42 Å². The van der Waals surface area contributed by atoms with E-state index < -0.39 is 0 Å². The van der Waals surface area contributed by atoms with Gasteiger partial charge in [-0.3, -0.25) is 0 Å². The Hall–Kier alpha value is -0.680. The lowest BCUT2D eigenvalue weighted by Gasteiger charge is -2.06. The molecule has 0 unspecified atom stereocenters. The molecular formula is C10H16BrN3O. The standard InChI is InChI=1S/C10H16BrN3O/c1-2-4-9-13-8(11)7-10(14-9)12-5-3-6-15/h7,15H,2-6H2,1H3,(H,12,13,14). The Morgan fingerprint density at radius 2 is 2.27 bits per heavy atom. The van der Waals surface area contributed by atoms with Gasteiger partial charge in [-0.15, -0.1) is 0 Å². The van der Waals surface area contributed by atoms with Crippen molar-refractivity contribution in [1.29, 1.82) is 0 Å². The Balaban J connectivity index is 2.62. The Kier molecular flexibility index (Phi) is 5.57. The van der Waals surface area contributed by atoms with E-state index in [1.165, 1.54) is 0 Å². The zero-order valence-corrected chi connectivity index (χ0v) is 10.4. The summed E-state index contributed by atoms with van der Waals surface area (Å²) in [5, 5.41) is 11.8. The van der Waals surface area contributed by atoms with Gasteiger partial charge in [-0.05, 0) is 28.8 Å². The third-order valence-corrected chi connectivity index (χ3v) is 2.26. The van der Waals surface area contributed by atoms with Gasteiger partial charge in [0.1, 0.15) is 16.2 Å². The maximum atomic E-state index is 8.66. The number of hydrogen-bond acceptors (Lipinski definition) is 4. The average Bonchev–Trinajstić information content (AvgIpc) is 2.18. The SMILES string of the molecule is CCCc1nc(Br)cc(NCCCO)n1. The molecule has 0 fully saturated rings. The highest BCUT2D eigenvalue weighted by atomic mass is 79.9. The van der Waals surface area contributed by atoms with E-state index >= 15 is 0 Å². The van der Waals surface area contributed by atoms with Crippen LogP contribution in [0, 0.1) is 0 Å². The van der Waals surface area contributed by atoms with Gasteiger partial charge in [0, 0.05) is 25.6 Å². The molecule has 1 rings (SSSR count). The summed E-state index contributed by atoms with van der Waals surface area (Å²) >= 11 is 3.35. The fourth-order valence-corrected chi connectivity index (χ4v) is 1.61. The first-order valence-corrected chi connectivity index (χ1v) is 5.93. The molecule has 0 saturated heterocycles. The second kappa shape index (κ2) is 6.74. The van der Waals surface area contributed by atoms with Crippen LogP contribution in [0.25, 0.3) is 0 Å². The summed E-state index contributed by atoms with van der Waals surface area (Å²) in [6.07, 6.45) is 2.64. The first-order valence-electron chi connectivity index (χ1n) is 5.14. The van der Waals surface area contributed by atoms with Crippen LogP contribution in [0.5, 0.6) is 0 Å². The summed E-state index contributed by atoms with van der Waals surface area (Å²) in [6.45, 7) is 3.02. The Bertz CT molecular complexity index is 307. The van der Waals surface area contributed by atoms with E-state index in [1.807, 2.05) is 6.07 Å². The number of nitrogens with zero attached hydrogens (tertiary/aromatic N) is 2. The number of aromatic nitrogens is 2. The van der Waals surface area contributed by atoms with Gasteiger partial charge in [0.25, 0.3) is 0 Å². The van der Waals surface area contributed by atoms with Gasteiger partial charge >= 0.3 is 0 Å². The molecule has 1 aromatic heterocycles. The molecule has 84 valence electrons. The molecule has 0 saturated carbocycles. The smallest absolute Gasteiger partial charge is 0.132 e. The molecule has 0 radical (unpaired) electrons. The minimum Gasteiger partial charge on any atom is -0.396 e. The lowest BCUT2D eigenvalue weighted by atomic mass is 10.3. The lowest BCUT2D eigenvalue weighted by Crippen LogP contribution is -2.07. The molecule has 0 aromatic carbocycles. The molecule has 0 aliphatic heterocycles. The monoisotopic (exact) mass is 273 g/mol. The zero-order valence-electron chi connectivity index (χ0n) is 8.83. The number of aliphatic hydroxyl groups excluding tert-OH is 1. The third kappa shape index (κ3) is 4.57. The number of halogens is 1. The molecular weight excluding hydrogens is 258 g/mol. The van der Waals surface area contributed by atoms with E-state index in [4.69, 9.17) is 5.11 Å². The van der Waals surface area contributed by atoms with Crippen LogP contribution in [0.3, 0.4) is 0 Å². The fourth-order valence-electron chi connectivity index (χ4n) is 1.19. The molecule has 2 N–H and O–H groups in total. The van der Waals surface area contributed by atoms with Crippen molar-refractivity contribution in [2.75, 3.05) is 18.5 Å². The van der Waals surface area contributed by atoms with Crippen LogP contribution >= 0.6 is 15.9 Å². The van der Waals surface area contributed by atoms with Crippen molar-refractivity contribution in [2.45, 2.75) is 26.2 Å². The largest absolute Gasteiger partial charge is 0.396 e. The highest BCUT2D eigenvalue weighted by molar-refractivity contribution is 9.10. The third-order valence-electron chi connectivity index (χ3n) is 1.86. The Morgan fingerprint density at radius 3 is 2.93 bits per heavy atom. The molecule has 0 atom stereocenters. The highest BCUT2D eigenvalue weighted by Gasteiger charge is 2.01. The summed E-state index contributed by atoms with van der Waals surface area (Å²) in [6, 6.07) is 1.84. The molecule has 15 heavy (non-hydrogen) atoms. The predicted molar refractivity (Wildman–Crippen MR) is 63.9 cm³/mol. The molecule has 1 aromatic rings. The van der Waals surface area contributed by atoms with Gasteiger partial charge < -0.3 is 10.4 Å². The second-order valence-electron chi connectivity index (χ2n) is 3.25. The summed E-state index contributed by atoms with van der Waals surface area (Å²) in [5.41, 5.74) is 0. The molecule has 4 nitrogen and oxygen atoms in total. The van der Waals surface area contributed by atoms with E-state index in [0.717, 1.165) is 42.1 Å². The minimum absolute atomic E-state index is 0.196. The first-order chi connectivity index (χ1) is 7.26. The van der Waals surface area contributed by atoms with Gasteiger partial charge in [-0.2, -0.15) is 0 Å². The minimum atomic E-state index is 0.196. The number of nitrogens with one attached hydrogen (secondary N) is 1. The normalized spacial score (nSPS) is 10.3. The average molecular weight is 274 g/mol. The van der Waals surface area contributed by atoms with Gasteiger partial charge in [0.15, 0.2) is 0 Å². The van der Waals surface area contributed by atoms with E-state index in [1.54, 1.807) is 0 Å². The van der Waals surface area contributed by atoms with Gasteiger partial charge in [-0.1, -0.05) is 6.92 Å². The van der Waals surface area contributed by atoms with Crippen molar-refractivity contribution >= 4 is 21.7 Å². The summed E-state index contributed by atoms with van der Waals surface area (Å²) < 4.78 is 0.799. The predicted octanol–water partition coefficient (Wildman–Crippen LogP) is 1.99. The van der Waals surface area contributed by atoms with Gasteiger partial charge in [0.05, 0.1) is 0 Å². The molecule has 0 aliphatic carbocycles. The van der Waals surface area contributed by atoms with E-state index in [2.05, 4.69) is 38.1 Å². The molecule has 0 aliphatic rings. The summed E-state index contributed by atoms with van der Waals surface area (Å²) in [5.74, 6) is 1.66. The summed E-state index contributed by atoms with van der Waals surface area (Å²) in [7, 11) is 0. The Morgan fingerprint density at radius 1 is 1.47 bits per heavy atom. The van der Waals surface area contributed by atoms with Crippen LogP contribution in [-0.4, -0.2) is 28.2 Å². The Labute approximate surface area is 98.3 Å². The number of rotatable bonds is 6. The number of aliphatic hydroxyl groups is 1. The van der Waals surface area contributed by atoms with Crippen molar-refractivity contribution in [2.24, 2.45) is 0 Å².